The van der Waals surface area contributed by atoms with E-state index in [1.807, 2.05) is 92.0 Å². The molecular weight excluding hydrogens is 362 g/mol. The minimum atomic E-state index is -0.300. The predicted molar refractivity (Wildman–Crippen MR) is 109 cm³/mol. The summed E-state index contributed by atoms with van der Waals surface area (Å²) in [6, 6.07) is 27.6. The lowest BCUT2D eigenvalue weighted by molar-refractivity contribution is -0.129. The van der Waals surface area contributed by atoms with E-state index in [0.717, 1.165) is 16.0 Å². The van der Waals surface area contributed by atoms with Crippen LogP contribution < -0.4 is 0 Å². The summed E-state index contributed by atoms with van der Waals surface area (Å²) in [5.41, 5.74) is 1.94. The third-order valence-corrected chi connectivity index (χ3v) is 5.69. The van der Waals surface area contributed by atoms with Crippen molar-refractivity contribution in [2.45, 2.75) is 16.7 Å². The zero-order valence-corrected chi connectivity index (χ0v) is 16.1. The molecule has 0 fully saturated rings. The number of carbonyl (C=O) groups is 1. The molecule has 4 heteroatoms. The highest BCUT2D eigenvalue weighted by Crippen LogP contribution is 2.36. The van der Waals surface area contributed by atoms with Crippen LogP contribution in [0.2, 0.25) is 5.02 Å². The normalized spacial score (nSPS) is 11.8. The number of thioether (sulfide) groups is 1. The first-order valence-electron chi connectivity index (χ1n) is 8.40. The molecule has 3 aromatic carbocycles. The van der Waals surface area contributed by atoms with Gasteiger partial charge in [0.1, 0.15) is 5.25 Å². The summed E-state index contributed by atoms with van der Waals surface area (Å²) in [6.07, 6.45) is 0. The number of benzene rings is 3. The van der Waals surface area contributed by atoms with E-state index in [2.05, 4.69) is 0 Å². The Morgan fingerprint density at radius 2 is 1.50 bits per heavy atom. The van der Waals surface area contributed by atoms with E-state index in [4.69, 9.17) is 11.6 Å². The second-order valence-corrected chi connectivity index (χ2v) is 7.59. The number of likely N-dealkylation sites (N-methyl/N-ethyl adjacent to an activating group) is 1. The van der Waals surface area contributed by atoms with Crippen molar-refractivity contribution in [3.8, 4) is 0 Å². The molecule has 3 aromatic rings. The van der Waals surface area contributed by atoms with Gasteiger partial charge >= 0.3 is 0 Å². The summed E-state index contributed by atoms with van der Waals surface area (Å²) in [5, 5.41) is 0.380. The van der Waals surface area contributed by atoms with Crippen molar-refractivity contribution >= 4 is 29.3 Å². The van der Waals surface area contributed by atoms with Gasteiger partial charge in [-0.3, -0.25) is 4.79 Å². The molecule has 0 aliphatic rings. The quantitative estimate of drug-likeness (QED) is 0.500. The molecule has 1 atom stereocenters. The molecule has 0 saturated heterocycles. The molecule has 0 radical (unpaired) electrons. The van der Waals surface area contributed by atoms with Crippen LogP contribution in [0.5, 0.6) is 0 Å². The molecule has 0 N–H and O–H groups in total. The highest BCUT2D eigenvalue weighted by Gasteiger charge is 2.25. The van der Waals surface area contributed by atoms with Crippen molar-refractivity contribution in [2.24, 2.45) is 0 Å². The van der Waals surface area contributed by atoms with E-state index in [1.54, 1.807) is 16.7 Å². The van der Waals surface area contributed by atoms with Gasteiger partial charge in [-0.05, 0) is 29.3 Å². The molecule has 0 spiro atoms. The standard InChI is InChI=1S/C22H20ClNOS/c1-24(16-18-12-8-9-15-20(18)23)22(25)21(17-10-4-2-5-11-17)26-19-13-6-3-7-14-19/h2-15,21H,16H2,1H3/t21-/m1/s1. The Kier molecular flexibility index (Phi) is 6.37. The Hall–Kier alpha value is -2.23. The van der Waals surface area contributed by atoms with Crippen molar-refractivity contribution in [1.82, 2.24) is 4.90 Å². The number of rotatable bonds is 6. The highest BCUT2D eigenvalue weighted by molar-refractivity contribution is 8.00. The van der Waals surface area contributed by atoms with Crippen LogP contribution in [0.15, 0.2) is 89.8 Å². The summed E-state index contributed by atoms with van der Waals surface area (Å²) in [4.78, 5) is 16.0. The first-order chi connectivity index (χ1) is 12.6. The molecule has 0 heterocycles. The lowest BCUT2D eigenvalue weighted by Crippen LogP contribution is -2.30. The molecule has 0 aromatic heterocycles. The maximum absolute atomic E-state index is 13.2. The van der Waals surface area contributed by atoms with Gasteiger partial charge in [0.25, 0.3) is 0 Å². The molecule has 2 nitrogen and oxygen atoms in total. The third-order valence-electron chi connectivity index (χ3n) is 4.07. The Bertz CT molecular complexity index is 854. The Balaban J connectivity index is 1.83. The van der Waals surface area contributed by atoms with Crippen LogP contribution in [0.4, 0.5) is 0 Å². The van der Waals surface area contributed by atoms with Gasteiger partial charge in [0.05, 0.1) is 0 Å². The van der Waals surface area contributed by atoms with E-state index in [9.17, 15) is 4.79 Å². The average molecular weight is 382 g/mol. The van der Waals surface area contributed by atoms with Crippen molar-refractivity contribution in [3.05, 3.63) is 101 Å². The number of amides is 1. The lowest BCUT2D eigenvalue weighted by Gasteiger charge is -2.24. The van der Waals surface area contributed by atoms with Crippen LogP contribution in [0.25, 0.3) is 0 Å². The van der Waals surface area contributed by atoms with Gasteiger partial charge in [-0.2, -0.15) is 0 Å². The van der Waals surface area contributed by atoms with Crippen molar-refractivity contribution in [1.29, 1.82) is 0 Å². The zero-order valence-electron chi connectivity index (χ0n) is 14.5. The zero-order chi connectivity index (χ0) is 18.4. The Morgan fingerprint density at radius 3 is 2.15 bits per heavy atom. The monoisotopic (exact) mass is 381 g/mol. The van der Waals surface area contributed by atoms with E-state index < -0.39 is 0 Å². The molecule has 3 rings (SSSR count). The molecule has 0 aliphatic heterocycles. The van der Waals surface area contributed by atoms with Crippen molar-refractivity contribution in [3.63, 3.8) is 0 Å². The summed E-state index contributed by atoms with van der Waals surface area (Å²) in [5.74, 6) is 0.0602. The van der Waals surface area contributed by atoms with E-state index >= 15 is 0 Å². The van der Waals surface area contributed by atoms with Gasteiger partial charge < -0.3 is 4.90 Å². The van der Waals surface area contributed by atoms with Gasteiger partial charge in [-0.15, -0.1) is 11.8 Å². The summed E-state index contributed by atoms with van der Waals surface area (Å²) in [6.45, 7) is 0.483. The van der Waals surface area contributed by atoms with Crippen LogP contribution in [-0.2, 0) is 11.3 Å². The average Bonchev–Trinajstić information content (AvgIpc) is 2.69. The predicted octanol–water partition coefficient (Wildman–Crippen LogP) is 5.83. The summed E-state index contributed by atoms with van der Waals surface area (Å²) >= 11 is 7.82. The number of hydrogen-bond acceptors (Lipinski definition) is 2. The molecule has 26 heavy (non-hydrogen) atoms. The maximum Gasteiger partial charge on any atom is 0.240 e. The molecular formula is C22H20ClNOS. The highest BCUT2D eigenvalue weighted by atomic mass is 35.5. The topological polar surface area (TPSA) is 20.3 Å². The smallest absolute Gasteiger partial charge is 0.240 e. The fourth-order valence-electron chi connectivity index (χ4n) is 2.68. The maximum atomic E-state index is 13.2. The minimum Gasteiger partial charge on any atom is -0.340 e. The van der Waals surface area contributed by atoms with Crippen LogP contribution in [-0.4, -0.2) is 17.9 Å². The number of hydrogen-bond donors (Lipinski definition) is 0. The van der Waals surface area contributed by atoms with Gasteiger partial charge in [0, 0.05) is 23.5 Å². The molecule has 0 saturated carbocycles. The van der Waals surface area contributed by atoms with Crippen molar-refractivity contribution < 1.29 is 4.79 Å². The lowest BCUT2D eigenvalue weighted by atomic mass is 10.1. The third kappa shape index (κ3) is 4.69. The fourth-order valence-corrected chi connectivity index (χ4v) is 4.04. The van der Waals surface area contributed by atoms with Crippen LogP contribution in [0.3, 0.4) is 0 Å². The molecule has 132 valence electrons. The second kappa shape index (κ2) is 8.93. The van der Waals surface area contributed by atoms with Crippen LogP contribution in [0.1, 0.15) is 16.4 Å². The van der Waals surface area contributed by atoms with E-state index in [0.29, 0.717) is 11.6 Å². The molecule has 0 bridgehead atoms. The fraction of sp³-hybridized carbons (Fsp3) is 0.136. The van der Waals surface area contributed by atoms with E-state index in [-0.39, 0.29) is 11.2 Å². The van der Waals surface area contributed by atoms with Gasteiger partial charge in [0.2, 0.25) is 5.91 Å². The van der Waals surface area contributed by atoms with Crippen LogP contribution >= 0.6 is 23.4 Å². The molecule has 0 unspecified atom stereocenters. The second-order valence-electron chi connectivity index (χ2n) is 6.01. The number of carbonyl (C=O) groups excluding carboxylic acids is 1. The Labute approximate surface area is 163 Å². The first kappa shape index (κ1) is 18.6. The SMILES string of the molecule is CN(Cc1ccccc1Cl)C(=O)[C@H](Sc1ccccc1)c1ccccc1. The van der Waals surface area contributed by atoms with Crippen LogP contribution in [0, 0.1) is 0 Å². The summed E-state index contributed by atoms with van der Waals surface area (Å²) < 4.78 is 0. The van der Waals surface area contributed by atoms with Gasteiger partial charge in [-0.1, -0.05) is 78.3 Å². The van der Waals surface area contributed by atoms with Gasteiger partial charge in [0.15, 0.2) is 0 Å². The largest absolute Gasteiger partial charge is 0.340 e. The van der Waals surface area contributed by atoms with Gasteiger partial charge in [-0.25, -0.2) is 0 Å². The minimum absolute atomic E-state index is 0.0602. The van der Waals surface area contributed by atoms with E-state index in [1.165, 1.54) is 0 Å². The first-order valence-corrected chi connectivity index (χ1v) is 9.66. The molecule has 1 amide bonds. The Morgan fingerprint density at radius 1 is 0.923 bits per heavy atom. The summed E-state index contributed by atoms with van der Waals surface area (Å²) in [7, 11) is 1.83. The van der Waals surface area contributed by atoms with Crippen molar-refractivity contribution in [2.75, 3.05) is 7.05 Å². The molecule has 0 aliphatic carbocycles. The number of nitrogens with zero attached hydrogens (tertiary/aromatic N) is 1. The number of halogens is 1.